The number of hydrogen-bond donors (Lipinski definition) is 1. The van der Waals surface area contributed by atoms with Gasteiger partial charge in [-0.05, 0) is 6.42 Å². The molecule has 2 aliphatic heterocycles. The molecule has 92 valence electrons. The molecule has 4 atom stereocenters. The van der Waals surface area contributed by atoms with E-state index >= 15 is 0 Å². The van der Waals surface area contributed by atoms with Crippen molar-refractivity contribution in [1.29, 1.82) is 0 Å². The highest BCUT2D eigenvalue weighted by atomic mass is 16.7. The van der Waals surface area contributed by atoms with Crippen LogP contribution in [-0.2, 0) is 14.2 Å². The fourth-order valence-electron chi connectivity index (χ4n) is 2.32. The van der Waals surface area contributed by atoms with E-state index in [4.69, 9.17) is 14.2 Å². The molecule has 2 saturated heterocycles. The van der Waals surface area contributed by atoms with E-state index in [-0.39, 0.29) is 12.2 Å². The number of aliphatic hydroxyl groups excluding tert-OH is 1. The number of aliphatic hydroxyl groups is 1. The van der Waals surface area contributed by atoms with Crippen molar-refractivity contribution < 1.29 is 19.3 Å². The second kappa shape index (κ2) is 4.74. The average molecular weight is 236 g/mol. The monoisotopic (exact) mass is 236 g/mol. The van der Waals surface area contributed by atoms with Gasteiger partial charge in [0.1, 0.15) is 12.2 Å². The molecule has 0 unspecified atom stereocenters. The highest BCUT2D eigenvalue weighted by molar-refractivity contribution is 5.16. The zero-order valence-corrected chi connectivity index (χ0v) is 9.49. The normalized spacial score (nSPS) is 37.5. The molecule has 3 rings (SSSR count). The smallest absolute Gasteiger partial charge is 0.184 e. The summed E-state index contributed by atoms with van der Waals surface area (Å²) in [5.41, 5.74) is 0.976. The van der Waals surface area contributed by atoms with E-state index in [0.29, 0.717) is 19.6 Å². The fourth-order valence-corrected chi connectivity index (χ4v) is 2.32. The van der Waals surface area contributed by atoms with Gasteiger partial charge in [0.25, 0.3) is 0 Å². The molecule has 17 heavy (non-hydrogen) atoms. The Balaban J connectivity index is 1.74. The van der Waals surface area contributed by atoms with Crippen LogP contribution in [0.4, 0.5) is 0 Å². The molecule has 2 aliphatic rings. The molecule has 0 amide bonds. The quantitative estimate of drug-likeness (QED) is 0.797. The van der Waals surface area contributed by atoms with Crippen LogP contribution in [0.15, 0.2) is 30.3 Å². The molecule has 2 heterocycles. The lowest BCUT2D eigenvalue weighted by molar-refractivity contribution is -0.298. The first-order valence-electron chi connectivity index (χ1n) is 5.96. The summed E-state index contributed by atoms with van der Waals surface area (Å²) in [5, 5.41) is 9.91. The van der Waals surface area contributed by atoms with E-state index in [1.807, 2.05) is 30.3 Å². The Hall–Kier alpha value is -0.940. The van der Waals surface area contributed by atoms with Crippen LogP contribution in [-0.4, -0.2) is 36.6 Å². The zero-order chi connectivity index (χ0) is 11.7. The van der Waals surface area contributed by atoms with Crippen LogP contribution in [0, 0.1) is 0 Å². The van der Waals surface area contributed by atoms with E-state index in [9.17, 15) is 5.11 Å². The summed E-state index contributed by atoms with van der Waals surface area (Å²) in [6, 6.07) is 9.76. The molecular formula is C13H16O4. The minimum atomic E-state index is -0.455. The van der Waals surface area contributed by atoms with Crippen molar-refractivity contribution in [2.75, 3.05) is 13.2 Å². The minimum absolute atomic E-state index is 0.140. The van der Waals surface area contributed by atoms with Gasteiger partial charge in [0, 0.05) is 12.2 Å². The van der Waals surface area contributed by atoms with E-state index < -0.39 is 12.4 Å². The Labute approximate surface area is 100 Å². The topological polar surface area (TPSA) is 47.9 Å². The molecule has 2 fully saturated rings. The summed E-state index contributed by atoms with van der Waals surface area (Å²) < 4.78 is 16.9. The first kappa shape index (κ1) is 11.2. The number of rotatable bonds is 1. The van der Waals surface area contributed by atoms with E-state index in [0.717, 1.165) is 5.56 Å². The van der Waals surface area contributed by atoms with Crippen LogP contribution >= 0.6 is 0 Å². The highest BCUT2D eigenvalue weighted by Gasteiger charge is 2.40. The van der Waals surface area contributed by atoms with Crippen molar-refractivity contribution >= 4 is 0 Å². The van der Waals surface area contributed by atoms with Crippen molar-refractivity contribution in [3.05, 3.63) is 35.9 Å². The summed E-state index contributed by atoms with van der Waals surface area (Å²) in [7, 11) is 0. The SMILES string of the molecule is O[C@H]1CCO[C@@H]2CO[C@@H](c3ccccc3)O[C@@H]12. The van der Waals surface area contributed by atoms with Gasteiger partial charge in [-0.1, -0.05) is 30.3 Å². The van der Waals surface area contributed by atoms with Crippen LogP contribution in [0.25, 0.3) is 0 Å². The lowest BCUT2D eigenvalue weighted by Gasteiger charge is -2.41. The Morgan fingerprint density at radius 3 is 2.76 bits per heavy atom. The first-order valence-corrected chi connectivity index (χ1v) is 5.96. The van der Waals surface area contributed by atoms with Gasteiger partial charge >= 0.3 is 0 Å². The Morgan fingerprint density at radius 2 is 1.94 bits per heavy atom. The maximum atomic E-state index is 9.91. The third-order valence-electron chi connectivity index (χ3n) is 3.26. The van der Waals surface area contributed by atoms with Crippen LogP contribution < -0.4 is 0 Å². The van der Waals surface area contributed by atoms with Crippen LogP contribution in [0.2, 0.25) is 0 Å². The van der Waals surface area contributed by atoms with Crippen LogP contribution in [0.3, 0.4) is 0 Å². The van der Waals surface area contributed by atoms with Crippen molar-refractivity contribution in [2.24, 2.45) is 0 Å². The van der Waals surface area contributed by atoms with E-state index in [2.05, 4.69) is 0 Å². The van der Waals surface area contributed by atoms with Gasteiger partial charge in [0.05, 0.1) is 12.7 Å². The predicted molar refractivity (Wildman–Crippen MR) is 60.4 cm³/mol. The molecule has 0 aliphatic carbocycles. The summed E-state index contributed by atoms with van der Waals surface area (Å²) in [4.78, 5) is 0. The lowest BCUT2D eigenvalue weighted by Crippen LogP contribution is -2.52. The highest BCUT2D eigenvalue weighted by Crippen LogP contribution is 2.31. The van der Waals surface area contributed by atoms with Crippen molar-refractivity contribution in [3.8, 4) is 0 Å². The molecule has 0 radical (unpaired) electrons. The number of ether oxygens (including phenoxy) is 3. The molecule has 0 spiro atoms. The maximum Gasteiger partial charge on any atom is 0.184 e. The Kier molecular flexibility index (Phi) is 3.11. The third-order valence-corrected chi connectivity index (χ3v) is 3.26. The second-order valence-corrected chi connectivity index (χ2v) is 4.44. The predicted octanol–water partition coefficient (Wildman–Crippen LogP) is 1.25. The van der Waals surface area contributed by atoms with Crippen LogP contribution in [0.5, 0.6) is 0 Å². The Bertz CT molecular complexity index is 367. The maximum absolute atomic E-state index is 9.91. The number of benzene rings is 1. The largest absolute Gasteiger partial charge is 0.390 e. The fraction of sp³-hybridized carbons (Fsp3) is 0.538. The van der Waals surface area contributed by atoms with Crippen molar-refractivity contribution in [1.82, 2.24) is 0 Å². The van der Waals surface area contributed by atoms with Crippen molar-refractivity contribution in [2.45, 2.75) is 31.0 Å². The molecule has 4 nitrogen and oxygen atoms in total. The molecule has 1 aromatic rings. The van der Waals surface area contributed by atoms with Gasteiger partial charge in [0.2, 0.25) is 0 Å². The summed E-state index contributed by atoms with van der Waals surface area (Å²) in [5.74, 6) is 0. The van der Waals surface area contributed by atoms with Crippen LogP contribution in [0.1, 0.15) is 18.3 Å². The molecule has 0 saturated carbocycles. The average Bonchev–Trinajstić information content (AvgIpc) is 2.40. The zero-order valence-electron chi connectivity index (χ0n) is 9.49. The lowest BCUT2D eigenvalue weighted by atomic mass is 10.0. The molecular weight excluding hydrogens is 220 g/mol. The van der Waals surface area contributed by atoms with Gasteiger partial charge in [0.15, 0.2) is 6.29 Å². The third kappa shape index (κ3) is 2.21. The minimum Gasteiger partial charge on any atom is -0.390 e. The van der Waals surface area contributed by atoms with Crippen molar-refractivity contribution in [3.63, 3.8) is 0 Å². The van der Waals surface area contributed by atoms with E-state index in [1.54, 1.807) is 0 Å². The van der Waals surface area contributed by atoms with Gasteiger partial charge in [-0.15, -0.1) is 0 Å². The molecule has 0 aromatic heterocycles. The standard InChI is InChI=1S/C13H16O4/c14-10-6-7-15-11-8-16-13(17-12(10)11)9-4-2-1-3-5-9/h1-5,10-14H,6-8H2/t10-,11+,12-,13+/m0/s1. The van der Waals surface area contributed by atoms with Gasteiger partial charge in [-0.3, -0.25) is 0 Å². The number of hydrogen-bond acceptors (Lipinski definition) is 4. The summed E-state index contributed by atoms with van der Waals surface area (Å²) >= 11 is 0. The molecule has 1 N–H and O–H groups in total. The van der Waals surface area contributed by atoms with Gasteiger partial charge < -0.3 is 19.3 Å². The molecule has 1 aromatic carbocycles. The summed E-state index contributed by atoms with van der Waals surface area (Å²) in [6.07, 6.45) is -0.637. The van der Waals surface area contributed by atoms with E-state index in [1.165, 1.54) is 0 Å². The second-order valence-electron chi connectivity index (χ2n) is 4.44. The first-order chi connectivity index (χ1) is 8.34. The molecule has 4 heteroatoms. The van der Waals surface area contributed by atoms with Gasteiger partial charge in [-0.25, -0.2) is 0 Å². The number of fused-ring (bicyclic) bond motifs is 1. The summed E-state index contributed by atoms with van der Waals surface area (Å²) in [6.45, 7) is 1.05. The molecule has 0 bridgehead atoms. The van der Waals surface area contributed by atoms with Gasteiger partial charge in [-0.2, -0.15) is 0 Å². The Morgan fingerprint density at radius 1 is 1.12 bits per heavy atom.